The van der Waals surface area contributed by atoms with E-state index in [4.69, 9.17) is 28.9 Å². The molecule has 6 heteroatoms. The molecule has 1 aromatic heterocycles. The lowest BCUT2D eigenvalue weighted by molar-refractivity contribution is 0.974. The number of aromatic nitrogens is 2. The Morgan fingerprint density at radius 2 is 1.95 bits per heavy atom. The Morgan fingerprint density at radius 3 is 2.65 bits per heavy atom. The molecule has 0 saturated heterocycles. The Bertz CT molecular complexity index is 692. The van der Waals surface area contributed by atoms with E-state index in [1.807, 2.05) is 36.2 Å². The summed E-state index contributed by atoms with van der Waals surface area (Å²) < 4.78 is 0. The van der Waals surface area contributed by atoms with Crippen LogP contribution < -0.4 is 10.6 Å². The zero-order chi connectivity index (χ0) is 14.3. The van der Waals surface area contributed by atoms with Gasteiger partial charge in [0.1, 0.15) is 5.82 Å². The van der Waals surface area contributed by atoms with E-state index < -0.39 is 0 Å². The number of hydrogen-bond donors (Lipinski definition) is 1. The van der Waals surface area contributed by atoms with Crippen molar-refractivity contribution in [1.82, 2.24) is 9.97 Å². The van der Waals surface area contributed by atoms with Crippen LogP contribution in [0.4, 0.5) is 11.8 Å². The summed E-state index contributed by atoms with van der Waals surface area (Å²) in [5.41, 5.74) is 8.41. The second kappa shape index (κ2) is 4.96. The fourth-order valence-corrected chi connectivity index (χ4v) is 2.96. The minimum absolute atomic E-state index is 0.267. The average molecular weight is 307 g/mol. The van der Waals surface area contributed by atoms with E-state index in [1.165, 1.54) is 0 Å². The third-order valence-corrected chi connectivity index (χ3v) is 3.83. The number of hydrogen-bond acceptors (Lipinski definition) is 4. The molecule has 1 aliphatic heterocycles. The molecule has 3 rings (SSSR count). The summed E-state index contributed by atoms with van der Waals surface area (Å²) in [6, 6.07) is 5.50. The Hall–Kier alpha value is -1.78. The van der Waals surface area contributed by atoms with E-state index >= 15 is 0 Å². The topological polar surface area (TPSA) is 55.0 Å². The molecule has 1 aliphatic rings. The van der Waals surface area contributed by atoms with Gasteiger partial charge in [-0.25, -0.2) is 4.98 Å². The molecule has 2 heterocycles. The summed E-state index contributed by atoms with van der Waals surface area (Å²) in [7, 11) is 1.95. The van der Waals surface area contributed by atoms with Crippen LogP contribution in [0.25, 0.3) is 11.6 Å². The van der Waals surface area contributed by atoms with Gasteiger partial charge in [-0.2, -0.15) is 4.98 Å². The molecular weight excluding hydrogens is 295 g/mol. The smallest absolute Gasteiger partial charge is 0.221 e. The van der Waals surface area contributed by atoms with Crippen molar-refractivity contribution < 1.29 is 0 Å². The Balaban J connectivity index is 2.15. The van der Waals surface area contributed by atoms with Crippen LogP contribution in [0.1, 0.15) is 11.1 Å². The van der Waals surface area contributed by atoms with Crippen LogP contribution in [0.5, 0.6) is 0 Å². The fraction of sp³-hybridized carbons (Fsp3) is 0.143. The Morgan fingerprint density at radius 1 is 1.25 bits per heavy atom. The predicted molar refractivity (Wildman–Crippen MR) is 84.0 cm³/mol. The largest absolute Gasteiger partial charge is 0.368 e. The molecule has 0 fully saturated rings. The van der Waals surface area contributed by atoms with E-state index in [0.29, 0.717) is 16.6 Å². The third kappa shape index (κ3) is 2.21. The summed E-state index contributed by atoms with van der Waals surface area (Å²) in [5, 5.41) is 1.27. The van der Waals surface area contributed by atoms with Crippen molar-refractivity contribution >= 4 is 46.6 Å². The highest BCUT2D eigenvalue weighted by Gasteiger charge is 2.20. The number of nitrogen functional groups attached to an aromatic ring is 1. The van der Waals surface area contributed by atoms with Crippen LogP contribution in [0, 0.1) is 0 Å². The summed E-state index contributed by atoms with van der Waals surface area (Å²) in [4.78, 5) is 10.3. The van der Waals surface area contributed by atoms with Gasteiger partial charge in [-0.1, -0.05) is 29.3 Å². The molecule has 2 aromatic rings. The number of likely N-dealkylation sites (N-methyl/N-ethyl adjacent to an activating group) is 1. The van der Waals surface area contributed by atoms with Crippen molar-refractivity contribution in [1.29, 1.82) is 0 Å². The van der Waals surface area contributed by atoms with Crippen LogP contribution >= 0.6 is 23.2 Å². The number of anilines is 2. The van der Waals surface area contributed by atoms with Gasteiger partial charge in [-0.05, 0) is 23.8 Å². The van der Waals surface area contributed by atoms with Gasteiger partial charge in [-0.3, -0.25) is 0 Å². The van der Waals surface area contributed by atoms with Crippen LogP contribution in [-0.2, 0) is 0 Å². The van der Waals surface area contributed by atoms with Gasteiger partial charge in [0.15, 0.2) is 0 Å². The number of benzene rings is 1. The van der Waals surface area contributed by atoms with E-state index in [0.717, 1.165) is 22.5 Å². The van der Waals surface area contributed by atoms with Crippen LogP contribution in [0.3, 0.4) is 0 Å². The minimum atomic E-state index is 0.267. The van der Waals surface area contributed by atoms with Crippen molar-refractivity contribution in [2.45, 2.75) is 0 Å². The highest BCUT2D eigenvalue weighted by Crippen LogP contribution is 2.36. The summed E-state index contributed by atoms with van der Waals surface area (Å²) in [6.45, 7) is 0.660. The molecule has 0 unspecified atom stereocenters. The van der Waals surface area contributed by atoms with Gasteiger partial charge in [0, 0.05) is 41.0 Å². The first-order valence-corrected chi connectivity index (χ1v) is 6.80. The second-order valence-corrected chi connectivity index (χ2v) is 5.44. The first-order chi connectivity index (χ1) is 9.56. The summed E-state index contributed by atoms with van der Waals surface area (Å²) >= 11 is 12.5. The maximum absolute atomic E-state index is 6.27. The fourth-order valence-electron chi connectivity index (χ4n) is 2.32. The van der Waals surface area contributed by atoms with Gasteiger partial charge < -0.3 is 10.6 Å². The molecule has 0 saturated carbocycles. The van der Waals surface area contributed by atoms with Gasteiger partial charge in [0.2, 0.25) is 5.95 Å². The standard InChI is InChI=1S/C14H12Cl2N4/c1-20-7-9(12-10(15)3-2-4-11(12)16)5-8-6-18-14(17)19-13(8)20/h2-6H,7H2,1H3,(H2,17,18,19). The molecule has 1 aromatic carbocycles. The maximum atomic E-state index is 6.27. The van der Waals surface area contributed by atoms with Crippen molar-refractivity contribution in [3.8, 4) is 0 Å². The summed E-state index contributed by atoms with van der Waals surface area (Å²) in [6.07, 6.45) is 3.71. The number of nitrogens with zero attached hydrogens (tertiary/aromatic N) is 3. The first kappa shape index (κ1) is 13.2. The van der Waals surface area contributed by atoms with Crippen LogP contribution in [-0.4, -0.2) is 23.6 Å². The monoisotopic (exact) mass is 306 g/mol. The molecule has 0 amide bonds. The number of rotatable bonds is 1. The van der Waals surface area contributed by atoms with Crippen molar-refractivity contribution in [3.05, 3.63) is 45.6 Å². The lowest BCUT2D eigenvalue weighted by Crippen LogP contribution is -2.25. The normalized spacial score (nSPS) is 13.9. The molecule has 20 heavy (non-hydrogen) atoms. The minimum Gasteiger partial charge on any atom is -0.368 e. The van der Waals surface area contributed by atoms with Crippen molar-refractivity contribution in [3.63, 3.8) is 0 Å². The highest BCUT2D eigenvalue weighted by molar-refractivity contribution is 6.38. The number of fused-ring (bicyclic) bond motifs is 1. The van der Waals surface area contributed by atoms with Crippen LogP contribution in [0.15, 0.2) is 24.4 Å². The predicted octanol–water partition coefficient (Wildman–Crippen LogP) is 3.36. The maximum Gasteiger partial charge on any atom is 0.221 e. The Labute approximate surface area is 126 Å². The van der Waals surface area contributed by atoms with E-state index in [-0.39, 0.29) is 5.95 Å². The summed E-state index contributed by atoms with van der Waals surface area (Å²) in [5.74, 6) is 1.08. The number of nitrogens with two attached hydrogens (primary N) is 1. The zero-order valence-corrected chi connectivity index (χ0v) is 12.3. The first-order valence-electron chi connectivity index (χ1n) is 6.05. The van der Waals surface area contributed by atoms with Crippen molar-refractivity contribution in [2.24, 2.45) is 0 Å². The SMILES string of the molecule is CN1CC(c2c(Cl)cccc2Cl)=Cc2cnc(N)nc21. The van der Waals surface area contributed by atoms with Crippen molar-refractivity contribution in [2.75, 3.05) is 24.2 Å². The van der Waals surface area contributed by atoms with Gasteiger partial charge in [0.25, 0.3) is 0 Å². The van der Waals surface area contributed by atoms with Crippen LogP contribution in [0.2, 0.25) is 10.0 Å². The van der Waals surface area contributed by atoms with Gasteiger partial charge in [0.05, 0.1) is 0 Å². The quantitative estimate of drug-likeness (QED) is 0.878. The Kier molecular flexibility index (Phi) is 3.28. The molecule has 0 radical (unpaired) electrons. The van der Waals surface area contributed by atoms with E-state index in [9.17, 15) is 0 Å². The molecule has 0 spiro atoms. The zero-order valence-electron chi connectivity index (χ0n) is 10.8. The molecular formula is C14H12Cl2N4. The second-order valence-electron chi connectivity index (χ2n) is 4.63. The average Bonchev–Trinajstić information content (AvgIpc) is 2.39. The molecule has 0 aliphatic carbocycles. The van der Waals surface area contributed by atoms with Gasteiger partial charge >= 0.3 is 0 Å². The third-order valence-electron chi connectivity index (χ3n) is 3.20. The molecule has 102 valence electrons. The molecule has 4 nitrogen and oxygen atoms in total. The molecule has 2 N–H and O–H groups in total. The lowest BCUT2D eigenvalue weighted by Gasteiger charge is -2.27. The van der Waals surface area contributed by atoms with E-state index in [1.54, 1.807) is 6.20 Å². The van der Waals surface area contributed by atoms with Gasteiger partial charge in [-0.15, -0.1) is 0 Å². The van der Waals surface area contributed by atoms with E-state index in [2.05, 4.69) is 9.97 Å². The molecule has 0 bridgehead atoms. The lowest BCUT2D eigenvalue weighted by atomic mass is 10.00. The number of halogens is 2. The highest BCUT2D eigenvalue weighted by atomic mass is 35.5. The molecule has 0 atom stereocenters.